The highest BCUT2D eigenvalue weighted by molar-refractivity contribution is 5.99. The number of hydrogen-bond acceptors (Lipinski definition) is 8. The minimum absolute atomic E-state index is 0.0190. The Kier molecular flexibility index (Phi) is 7.80. The standard InChI is InChI=1S/C31H30F2N4O7/c1-42-25-12-31(44-35-25)10-9-21(16-38)36-15-24(31)37-14-22(29(40)34-13-19-7-8-20(32)11-23(19)33)27(39)28(26(37)30(36)41)43-17-18-5-3-2-4-6-18/h2-8,11,14,21,24,38H,9-10,12-13,15-17H2,1H3,(H,34,40)/t21-,24-,31+/m1/s1. The van der Waals surface area contributed by atoms with Crippen molar-refractivity contribution in [1.29, 1.82) is 0 Å². The molecule has 3 atom stereocenters. The summed E-state index contributed by atoms with van der Waals surface area (Å²) in [5.74, 6) is -2.99. The molecule has 0 radical (unpaired) electrons. The Morgan fingerprint density at radius 1 is 1.20 bits per heavy atom. The molecule has 1 aromatic heterocycles. The lowest BCUT2D eigenvalue weighted by atomic mass is 9.85. The molecule has 44 heavy (non-hydrogen) atoms. The van der Waals surface area contributed by atoms with Crippen LogP contribution in [0.3, 0.4) is 0 Å². The normalized spacial score (nSPS) is 22.1. The van der Waals surface area contributed by atoms with Crippen molar-refractivity contribution in [3.05, 3.63) is 99.0 Å². The molecular formula is C31H30F2N4O7. The first-order chi connectivity index (χ1) is 21.2. The van der Waals surface area contributed by atoms with Crippen molar-refractivity contribution in [2.45, 2.75) is 50.1 Å². The molecule has 0 saturated carbocycles. The molecule has 2 bridgehead atoms. The molecule has 1 saturated heterocycles. The average molecular weight is 609 g/mol. The number of methoxy groups -OCH3 is 1. The third-order valence-corrected chi connectivity index (χ3v) is 8.46. The van der Waals surface area contributed by atoms with Gasteiger partial charge in [-0.2, -0.15) is 0 Å². The molecule has 2 N–H and O–H groups in total. The van der Waals surface area contributed by atoms with Gasteiger partial charge in [0.1, 0.15) is 23.8 Å². The van der Waals surface area contributed by atoms with Crippen LogP contribution < -0.4 is 15.5 Å². The second-order valence-electron chi connectivity index (χ2n) is 11.0. The van der Waals surface area contributed by atoms with E-state index in [0.29, 0.717) is 24.8 Å². The van der Waals surface area contributed by atoms with Gasteiger partial charge in [-0.1, -0.05) is 41.6 Å². The number of fused-ring (bicyclic) bond motifs is 5. The molecule has 3 aliphatic heterocycles. The number of carbonyl (C=O) groups excluding carboxylic acids is 2. The van der Waals surface area contributed by atoms with Gasteiger partial charge in [-0.15, -0.1) is 0 Å². The molecular weight excluding hydrogens is 578 g/mol. The van der Waals surface area contributed by atoms with Crippen molar-refractivity contribution in [1.82, 2.24) is 14.8 Å². The molecule has 6 rings (SSSR count). The maximum atomic E-state index is 14.3. The summed E-state index contributed by atoms with van der Waals surface area (Å²) in [6.45, 7) is -0.600. The van der Waals surface area contributed by atoms with Crippen LogP contribution in [0.5, 0.6) is 5.75 Å². The van der Waals surface area contributed by atoms with Gasteiger partial charge >= 0.3 is 0 Å². The number of ether oxygens (including phenoxy) is 2. The van der Waals surface area contributed by atoms with Crippen LogP contribution >= 0.6 is 0 Å². The number of carbonyl (C=O) groups is 2. The largest absolute Gasteiger partial charge is 0.483 e. The van der Waals surface area contributed by atoms with Crippen LogP contribution in [0.1, 0.15) is 57.3 Å². The van der Waals surface area contributed by atoms with Crippen LogP contribution in [-0.2, 0) is 22.7 Å². The summed E-state index contributed by atoms with van der Waals surface area (Å²) >= 11 is 0. The third-order valence-electron chi connectivity index (χ3n) is 8.46. The Labute approximate surface area is 250 Å². The van der Waals surface area contributed by atoms with Crippen molar-refractivity contribution in [2.75, 3.05) is 20.3 Å². The van der Waals surface area contributed by atoms with Gasteiger partial charge in [-0.05, 0) is 24.5 Å². The van der Waals surface area contributed by atoms with E-state index in [9.17, 15) is 28.3 Å². The van der Waals surface area contributed by atoms with Crippen molar-refractivity contribution in [3.8, 4) is 5.75 Å². The van der Waals surface area contributed by atoms with E-state index in [1.165, 1.54) is 28.8 Å². The Balaban J connectivity index is 1.46. The van der Waals surface area contributed by atoms with Crippen LogP contribution in [-0.4, -0.2) is 64.2 Å². The third kappa shape index (κ3) is 5.17. The first kappa shape index (κ1) is 29.3. The van der Waals surface area contributed by atoms with Gasteiger partial charge in [0.25, 0.3) is 11.8 Å². The van der Waals surface area contributed by atoms with E-state index < -0.39 is 46.6 Å². The molecule has 13 heteroatoms. The number of aromatic nitrogens is 1. The highest BCUT2D eigenvalue weighted by Gasteiger charge is 2.55. The highest BCUT2D eigenvalue weighted by atomic mass is 19.1. The van der Waals surface area contributed by atoms with Crippen LogP contribution in [0, 0.1) is 11.6 Å². The van der Waals surface area contributed by atoms with Crippen molar-refractivity contribution in [2.24, 2.45) is 5.16 Å². The van der Waals surface area contributed by atoms with Gasteiger partial charge in [0.15, 0.2) is 17.0 Å². The molecule has 3 aliphatic rings. The topological polar surface area (TPSA) is 132 Å². The predicted molar refractivity (Wildman–Crippen MR) is 152 cm³/mol. The second-order valence-corrected chi connectivity index (χ2v) is 11.0. The van der Waals surface area contributed by atoms with E-state index in [1.807, 2.05) is 6.07 Å². The maximum absolute atomic E-state index is 14.3. The minimum Gasteiger partial charge on any atom is -0.483 e. The molecule has 2 aromatic carbocycles. The van der Waals surface area contributed by atoms with E-state index in [0.717, 1.165) is 11.6 Å². The molecule has 0 unspecified atom stereocenters. The monoisotopic (exact) mass is 608 g/mol. The fraction of sp³-hybridized carbons (Fsp3) is 0.355. The molecule has 1 fully saturated rings. The first-order valence-electron chi connectivity index (χ1n) is 14.1. The summed E-state index contributed by atoms with van der Waals surface area (Å²) in [7, 11) is 1.47. The Morgan fingerprint density at radius 2 is 2.00 bits per heavy atom. The van der Waals surface area contributed by atoms with E-state index >= 15 is 0 Å². The van der Waals surface area contributed by atoms with Gasteiger partial charge in [0.2, 0.25) is 11.3 Å². The number of nitrogens with zero attached hydrogens (tertiary/aromatic N) is 3. The summed E-state index contributed by atoms with van der Waals surface area (Å²) in [6, 6.07) is 10.7. The summed E-state index contributed by atoms with van der Waals surface area (Å²) in [4.78, 5) is 48.9. The van der Waals surface area contributed by atoms with Crippen LogP contribution in [0.15, 0.2) is 64.7 Å². The van der Waals surface area contributed by atoms with Crippen molar-refractivity contribution >= 4 is 17.7 Å². The molecule has 2 amide bonds. The SMILES string of the molecule is COC1=NO[C@@]2(CC[C@H](CO)N3C[C@H]2n2cc(C(=O)NCc4ccc(F)cc4F)c(=O)c(OCc4ccccc4)c2C3=O)C1. The number of hydrogen-bond donors (Lipinski definition) is 2. The van der Waals surface area contributed by atoms with Crippen LogP contribution in [0.2, 0.25) is 0 Å². The number of rotatable bonds is 7. The van der Waals surface area contributed by atoms with E-state index in [-0.39, 0.29) is 55.3 Å². The van der Waals surface area contributed by atoms with Crippen molar-refractivity contribution < 1.29 is 37.8 Å². The molecule has 230 valence electrons. The average Bonchev–Trinajstić information content (AvgIpc) is 3.39. The lowest BCUT2D eigenvalue weighted by Crippen LogP contribution is -2.53. The predicted octanol–water partition coefficient (Wildman–Crippen LogP) is 2.91. The van der Waals surface area contributed by atoms with Gasteiger partial charge in [0, 0.05) is 30.9 Å². The Bertz CT molecular complexity index is 1700. The zero-order valence-electron chi connectivity index (χ0n) is 23.8. The zero-order chi connectivity index (χ0) is 31.0. The number of nitrogens with one attached hydrogen (secondary N) is 1. The number of amides is 2. The fourth-order valence-corrected chi connectivity index (χ4v) is 6.06. The van der Waals surface area contributed by atoms with E-state index in [1.54, 1.807) is 24.3 Å². The molecule has 11 nitrogen and oxygen atoms in total. The lowest BCUT2D eigenvalue weighted by Gasteiger charge is -2.42. The first-order valence-corrected chi connectivity index (χ1v) is 14.1. The van der Waals surface area contributed by atoms with Gasteiger partial charge in [-0.3, -0.25) is 14.4 Å². The van der Waals surface area contributed by atoms with Gasteiger partial charge in [0.05, 0.1) is 32.2 Å². The van der Waals surface area contributed by atoms with Gasteiger partial charge < -0.3 is 34.2 Å². The number of halogens is 2. The molecule has 3 aromatic rings. The number of pyridine rings is 1. The summed E-state index contributed by atoms with van der Waals surface area (Å²) in [6.07, 6.45) is 2.32. The highest BCUT2D eigenvalue weighted by Crippen LogP contribution is 2.46. The summed E-state index contributed by atoms with van der Waals surface area (Å²) < 4.78 is 40.6. The van der Waals surface area contributed by atoms with Crippen molar-refractivity contribution in [3.63, 3.8) is 0 Å². The summed E-state index contributed by atoms with van der Waals surface area (Å²) in [5.41, 5.74) is -1.55. The summed E-state index contributed by atoms with van der Waals surface area (Å²) in [5, 5.41) is 16.8. The smallest absolute Gasteiger partial charge is 0.274 e. The minimum atomic E-state index is -1.01. The number of oxime groups is 1. The van der Waals surface area contributed by atoms with Crippen LogP contribution in [0.25, 0.3) is 0 Å². The number of benzene rings is 2. The number of aliphatic hydroxyl groups is 1. The lowest BCUT2D eigenvalue weighted by molar-refractivity contribution is -0.0656. The second kappa shape index (κ2) is 11.7. The maximum Gasteiger partial charge on any atom is 0.274 e. The van der Waals surface area contributed by atoms with Gasteiger partial charge in [-0.25, -0.2) is 8.78 Å². The van der Waals surface area contributed by atoms with E-state index in [2.05, 4.69) is 10.5 Å². The molecule has 1 spiro atoms. The van der Waals surface area contributed by atoms with Crippen LogP contribution in [0.4, 0.5) is 8.78 Å². The zero-order valence-corrected chi connectivity index (χ0v) is 23.8. The molecule has 0 aliphatic carbocycles. The Morgan fingerprint density at radius 3 is 2.70 bits per heavy atom. The number of aliphatic hydroxyl groups excluding tert-OH is 1. The Hall–Kier alpha value is -4.78. The quantitative estimate of drug-likeness (QED) is 0.422. The fourth-order valence-electron chi connectivity index (χ4n) is 6.06. The van der Waals surface area contributed by atoms with E-state index in [4.69, 9.17) is 14.3 Å². The molecule has 4 heterocycles.